The Morgan fingerprint density at radius 2 is 2.00 bits per heavy atom. The quantitative estimate of drug-likeness (QED) is 0.825. The average molecular weight is 312 g/mol. The van der Waals surface area contributed by atoms with Gasteiger partial charge in [0.25, 0.3) is 10.2 Å². The van der Waals surface area contributed by atoms with Crippen molar-refractivity contribution in [2.75, 3.05) is 26.7 Å². The van der Waals surface area contributed by atoms with Crippen LogP contribution >= 0.6 is 12.4 Å². The van der Waals surface area contributed by atoms with E-state index in [1.54, 1.807) is 11.4 Å². The molecule has 0 radical (unpaired) electrons. The van der Waals surface area contributed by atoms with Crippen LogP contribution in [0.15, 0.2) is 0 Å². The largest absolute Gasteiger partial charge is 0.330 e. The van der Waals surface area contributed by atoms with Crippen molar-refractivity contribution < 1.29 is 8.42 Å². The van der Waals surface area contributed by atoms with E-state index in [1.807, 2.05) is 13.8 Å². The summed E-state index contributed by atoms with van der Waals surface area (Å²) in [6, 6.07) is 0.239. The zero-order valence-corrected chi connectivity index (χ0v) is 13.6. The molecule has 1 saturated carbocycles. The topological polar surface area (TPSA) is 66.6 Å². The lowest BCUT2D eigenvalue weighted by molar-refractivity contribution is 0.258. The third kappa shape index (κ3) is 3.42. The molecule has 5 nitrogen and oxygen atoms in total. The lowest BCUT2D eigenvalue weighted by atomic mass is 9.94. The predicted molar refractivity (Wildman–Crippen MR) is 79.5 cm³/mol. The minimum atomic E-state index is -3.30. The highest BCUT2D eigenvalue weighted by molar-refractivity contribution is 7.86. The summed E-state index contributed by atoms with van der Waals surface area (Å²) in [5, 5.41) is 0. The summed E-state index contributed by atoms with van der Waals surface area (Å²) in [5.41, 5.74) is 5.50. The first kappa shape index (κ1) is 17.2. The van der Waals surface area contributed by atoms with E-state index in [0.717, 1.165) is 12.8 Å². The van der Waals surface area contributed by atoms with Crippen LogP contribution < -0.4 is 5.73 Å². The van der Waals surface area contributed by atoms with Gasteiger partial charge in [0, 0.05) is 26.2 Å². The van der Waals surface area contributed by atoms with Crippen LogP contribution in [0.2, 0.25) is 0 Å². The second-order valence-corrected chi connectivity index (χ2v) is 8.52. The standard InChI is InChI=1S/C12H25N3O2S.ClH/c1-12(2,8-13)9-14(3)18(16,17)15-7-10-4-5-11(15)6-10;/h10-11H,4-9,13H2,1-3H3;1H. The summed E-state index contributed by atoms with van der Waals surface area (Å²) in [6.07, 6.45) is 3.26. The maximum Gasteiger partial charge on any atom is 0.282 e. The molecule has 2 unspecified atom stereocenters. The second kappa shape index (κ2) is 5.85. The van der Waals surface area contributed by atoms with E-state index >= 15 is 0 Å². The molecule has 2 atom stereocenters. The maximum atomic E-state index is 12.5. The van der Waals surface area contributed by atoms with Crippen LogP contribution in [-0.4, -0.2) is 49.8 Å². The first-order valence-electron chi connectivity index (χ1n) is 6.69. The molecule has 2 aliphatic rings. The summed E-state index contributed by atoms with van der Waals surface area (Å²) in [6.45, 7) is 5.66. The number of hydrogen-bond donors (Lipinski definition) is 1. The molecule has 2 fully saturated rings. The van der Waals surface area contributed by atoms with Gasteiger partial charge in [0.1, 0.15) is 0 Å². The van der Waals surface area contributed by atoms with Crippen molar-refractivity contribution in [3.8, 4) is 0 Å². The molecule has 0 aromatic rings. The van der Waals surface area contributed by atoms with Crippen LogP contribution in [0.5, 0.6) is 0 Å². The third-order valence-corrected chi connectivity index (χ3v) is 6.21. The Kier molecular flexibility index (Phi) is 5.29. The highest BCUT2D eigenvalue weighted by Gasteiger charge is 2.45. The van der Waals surface area contributed by atoms with Crippen molar-refractivity contribution in [1.82, 2.24) is 8.61 Å². The predicted octanol–water partition coefficient (Wildman–Crippen LogP) is 1.05. The third-order valence-electron chi connectivity index (χ3n) is 4.25. The molecule has 0 amide bonds. The van der Waals surface area contributed by atoms with E-state index in [2.05, 4.69) is 0 Å². The maximum absolute atomic E-state index is 12.5. The van der Waals surface area contributed by atoms with E-state index in [9.17, 15) is 8.42 Å². The first-order valence-corrected chi connectivity index (χ1v) is 8.09. The van der Waals surface area contributed by atoms with Crippen molar-refractivity contribution in [3.05, 3.63) is 0 Å². The van der Waals surface area contributed by atoms with Gasteiger partial charge >= 0.3 is 0 Å². The highest BCUT2D eigenvalue weighted by Crippen LogP contribution is 2.39. The van der Waals surface area contributed by atoms with Gasteiger partial charge in [-0.05, 0) is 37.1 Å². The average Bonchev–Trinajstić information content (AvgIpc) is 2.90. The molecule has 0 aromatic heterocycles. The van der Waals surface area contributed by atoms with Gasteiger partial charge < -0.3 is 5.73 Å². The van der Waals surface area contributed by atoms with Crippen LogP contribution in [0.3, 0.4) is 0 Å². The molecular weight excluding hydrogens is 286 g/mol. The van der Waals surface area contributed by atoms with Gasteiger partial charge in [-0.2, -0.15) is 17.0 Å². The number of hydrogen-bond acceptors (Lipinski definition) is 3. The lowest BCUT2D eigenvalue weighted by Gasteiger charge is -2.34. The van der Waals surface area contributed by atoms with Gasteiger partial charge in [-0.3, -0.25) is 0 Å². The Bertz CT molecular complexity index is 413. The Morgan fingerprint density at radius 1 is 1.37 bits per heavy atom. The number of piperidine rings is 1. The number of halogens is 1. The van der Waals surface area contributed by atoms with Gasteiger partial charge in [-0.25, -0.2) is 0 Å². The minimum absolute atomic E-state index is 0. The Hall–Kier alpha value is 0.120. The van der Waals surface area contributed by atoms with Crippen molar-refractivity contribution in [2.24, 2.45) is 17.1 Å². The molecule has 1 saturated heterocycles. The summed E-state index contributed by atoms with van der Waals surface area (Å²) in [7, 11) is -1.64. The fourth-order valence-corrected chi connectivity index (χ4v) is 4.93. The van der Waals surface area contributed by atoms with E-state index in [-0.39, 0.29) is 23.9 Å². The molecular formula is C12H26ClN3O2S. The van der Waals surface area contributed by atoms with Crippen molar-refractivity contribution in [2.45, 2.75) is 39.2 Å². The van der Waals surface area contributed by atoms with E-state index in [4.69, 9.17) is 5.73 Å². The Labute approximate surface area is 123 Å². The van der Waals surface area contributed by atoms with Crippen LogP contribution in [-0.2, 0) is 10.2 Å². The summed E-state index contributed by atoms with van der Waals surface area (Å²) in [4.78, 5) is 0. The van der Waals surface area contributed by atoms with Gasteiger partial charge in [0.2, 0.25) is 0 Å². The normalized spacial score (nSPS) is 27.8. The zero-order valence-electron chi connectivity index (χ0n) is 12.0. The molecule has 1 aliphatic carbocycles. The smallest absolute Gasteiger partial charge is 0.282 e. The molecule has 7 heteroatoms. The fourth-order valence-electron chi connectivity index (χ4n) is 3.09. The Balaban J connectivity index is 0.00000180. The van der Waals surface area contributed by atoms with E-state index in [0.29, 0.717) is 25.6 Å². The van der Waals surface area contributed by atoms with Gasteiger partial charge in [0.05, 0.1) is 0 Å². The van der Waals surface area contributed by atoms with Crippen molar-refractivity contribution in [1.29, 1.82) is 0 Å². The van der Waals surface area contributed by atoms with Gasteiger partial charge in [-0.15, -0.1) is 12.4 Å². The van der Waals surface area contributed by atoms with Crippen LogP contribution in [0.1, 0.15) is 33.1 Å². The molecule has 114 valence electrons. The minimum Gasteiger partial charge on any atom is -0.330 e. The van der Waals surface area contributed by atoms with Crippen LogP contribution in [0.4, 0.5) is 0 Å². The highest BCUT2D eigenvalue weighted by atomic mass is 35.5. The summed E-state index contributed by atoms with van der Waals surface area (Å²) < 4.78 is 28.2. The molecule has 0 spiro atoms. The van der Waals surface area contributed by atoms with Crippen LogP contribution in [0, 0.1) is 11.3 Å². The van der Waals surface area contributed by atoms with Gasteiger partial charge in [0.15, 0.2) is 0 Å². The number of rotatable bonds is 5. The lowest BCUT2D eigenvalue weighted by Crippen LogP contribution is -2.49. The second-order valence-electron chi connectivity index (χ2n) is 6.53. The Morgan fingerprint density at radius 3 is 2.42 bits per heavy atom. The van der Waals surface area contributed by atoms with Crippen molar-refractivity contribution in [3.63, 3.8) is 0 Å². The number of nitrogens with two attached hydrogens (primary N) is 1. The molecule has 1 aliphatic heterocycles. The summed E-state index contributed by atoms with van der Waals surface area (Å²) >= 11 is 0. The van der Waals surface area contributed by atoms with Gasteiger partial charge in [-0.1, -0.05) is 13.8 Å². The molecule has 19 heavy (non-hydrogen) atoms. The molecule has 0 aromatic carbocycles. The molecule has 2 N–H and O–H groups in total. The zero-order chi connectivity index (χ0) is 13.6. The van der Waals surface area contributed by atoms with E-state index in [1.165, 1.54) is 10.7 Å². The number of nitrogens with zero attached hydrogens (tertiary/aromatic N) is 2. The van der Waals surface area contributed by atoms with E-state index < -0.39 is 10.2 Å². The molecule has 2 bridgehead atoms. The van der Waals surface area contributed by atoms with Crippen LogP contribution in [0.25, 0.3) is 0 Å². The summed E-state index contributed by atoms with van der Waals surface area (Å²) in [5.74, 6) is 0.584. The SMILES string of the molecule is CN(CC(C)(C)CN)S(=O)(=O)N1CC2CCC1C2.Cl. The molecule has 2 rings (SSSR count). The van der Waals surface area contributed by atoms with Crippen molar-refractivity contribution >= 4 is 22.6 Å². The molecule has 1 heterocycles. The number of fused-ring (bicyclic) bond motifs is 2. The fraction of sp³-hybridized carbons (Fsp3) is 1.00. The first-order chi connectivity index (χ1) is 8.26. The monoisotopic (exact) mass is 311 g/mol.